The van der Waals surface area contributed by atoms with E-state index in [-0.39, 0.29) is 29.8 Å². The van der Waals surface area contributed by atoms with Gasteiger partial charge in [-0.25, -0.2) is 13.7 Å². The number of benzene rings is 2. The Hall–Kier alpha value is -1.47. The average molecular weight is 349 g/mol. The molecule has 2 aromatic carbocycles. The number of rotatable bonds is 3. The van der Waals surface area contributed by atoms with Gasteiger partial charge in [0, 0.05) is 5.75 Å². The quantitative estimate of drug-likeness (QED) is 0.920. The van der Waals surface area contributed by atoms with Crippen LogP contribution < -0.4 is 0 Å². The minimum Gasteiger partial charge on any atom is -0.394 e. The fourth-order valence-corrected chi connectivity index (χ4v) is 5.02. The number of aliphatic hydroxyl groups excluding tert-OH is 1. The third-order valence-corrected chi connectivity index (χ3v) is 6.20. The number of hydrogen-bond donors (Lipinski definition) is 1. The average Bonchev–Trinajstić information content (AvgIpc) is 3.14. The molecule has 0 radical (unpaired) electrons. The van der Waals surface area contributed by atoms with Crippen molar-refractivity contribution in [1.29, 1.82) is 0 Å². The lowest BCUT2D eigenvalue weighted by atomic mass is 10.0. The first-order chi connectivity index (χ1) is 11.6. The van der Waals surface area contributed by atoms with E-state index in [1.54, 1.807) is 36.0 Å². The van der Waals surface area contributed by atoms with Gasteiger partial charge < -0.3 is 9.84 Å². The van der Waals surface area contributed by atoms with Gasteiger partial charge in [0.15, 0.2) is 0 Å². The van der Waals surface area contributed by atoms with Crippen LogP contribution in [-0.4, -0.2) is 34.5 Å². The summed E-state index contributed by atoms with van der Waals surface area (Å²) in [5, 5.41) is 9.94. The molecule has 2 aliphatic rings. The first-order valence-electron chi connectivity index (χ1n) is 7.76. The molecule has 0 amide bonds. The Balaban J connectivity index is 1.72. The van der Waals surface area contributed by atoms with E-state index in [0.717, 1.165) is 16.9 Å². The van der Waals surface area contributed by atoms with E-state index in [0.29, 0.717) is 6.61 Å². The Kier molecular flexibility index (Phi) is 4.08. The molecule has 2 heterocycles. The summed E-state index contributed by atoms with van der Waals surface area (Å²) < 4.78 is 32.4. The molecule has 0 unspecified atom stereocenters. The van der Waals surface area contributed by atoms with Gasteiger partial charge in [0.1, 0.15) is 17.9 Å². The van der Waals surface area contributed by atoms with Crippen molar-refractivity contribution in [1.82, 2.24) is 4.90 Å². The zero-order valence-electron chi connectivity index (χ0n) is 12.9. The number of ether oxygens (including phenoxy) is 1. The summed E-state index contributed by atoms with van der Waals surface area (Å²) in [6.07, 6.45) is -0.359. The molecule has 0 bridgehead atoms. The minimum atomic E-state index is -0.469. The smallest absolute Gasteiger partial charge is 0.138 e. The Morgan fingerprint density at radius 2 is 1.62 bits per heavy atom. The summed E-state index contributed by atoms with van der Waals surface area (Å²) in [5.74, 6) is 0.155. The molecule has 2 saturated heterocycles. The number of halogens is 2. The maximum atomic E-state index is 13.2. The van der Waals surface area contributed by atoms with Crippen LogP contribution in [0.5, 0.6) is 0 Å². The SMILES string of the molecule is OC[C@@]12CO[C@@H](c3ccc(F)cc3)N1[C@@H](c1ccc(F)cc1)SC2. The highest BCUT2D eigenvalue weighted by Gasteiger charge is 2.55. The predicted molar refractivity (Wildman–Crippen MR) is 88.3 cm³/mol. The Morgan fingerprint density at radius 3 is 2.21 bits per heavy atom. The van der Waals surface area contributed by atoms with Gasteiger partial charge >= 0.3 is 0 Å². The van der Waals surface area contributed by atoms with Crippen molar-refractivity contribution in [3.05, 3.63) is 71.3 Å². The van der Waals surface area contributed by atoms with Crippen LogP contribution in [0.25, 0.3) is 0 Å². The highest BCUT2D eigenvalue weighted by Crippen LogP contribution is 2.54. The van der Waals surface area contributed by atoms with Crippen molar-refractivity contribution in [3.63, 3.8) is 0 Å². The molecular formula is C18H17F2NO2S. The molecule has 2 aromatic rings. The monoisotopic (exact) mass is 349 g/mol. The van der Waals surface area contributed by atoms with Crippen molar-refractivity contribution in [2.75, 3.05) is 19.0 Å². The number of nitrogens with zero attached hydrogens (tertiary/aromatic N) is 1. The largest absolute Gasteiger partial charge is 0.394 e. The van der Waals surface area contributed by atoms with Crippen molar-refractivity contribution in [3.8, 4) is 0 Å². The second-order valence-electron chi connectivity index (χ2n) is 6.22. The highest BCUT2D eigenvalue weighted by atomic mass is 32.2. The molecule has 0 aromatic heterocycles. The summed E-state index contributed by atoms with van der Waals surface area (Å²) in [7, 11) is 0. The minimum absolute atomic E-state index is 0.0185. The van der Waals surface area contributed by atoms with E-state index < -0.39 is 5.54 Å². The molecule has 1 N–H and O–H groups in total. The van der Waals surface area contributed by atoms with Crippen LogP contribution in [0.3, 0.4) is 0 Å². The molecule has 3 atom stereocenters. The van der Waals surface area contributed by atoms with Gasteiger partial charge in [0.05, 0.1) is 24.1 Å². The Bertz CT molecular complexity index is 665. The lowest BCUT2D eigenvalue weighted by molar-refractivity contribution is 0.0106. The third-order valence-electron chi connectivity index (χ3n) is 4.68. The maximum Gasteiger partial charge on any atom is 0.138 e. The second kappa shape index (κ2) is 6.11. The summed E-state index contributed by atoms with van der Waals surface area (Å²) in [4.78, 5) is 2.14. The van der Waals surface area contributed by atoms with Gasteiger partial charge in [0.25, 0.3) is 0 Å². The van der Waals surface area contributed by atoms with Crippen LogP contribution >= 0.6 is 11.8 Å². The molecule has 6 heteroatoms. The van der Waals surface area contributed by atoms with E-state index in [1.807, 2.05) is 0 Å². The molecule has 3 nitrogen and oxygen atoms in total. The van der Waals surface area contributed by atoms with E-state index in [1.165, 1.54) is 24.3 Å². The second-order valence-corrected chi connectivity index (χ2v) is 7.29. The van der Waals surface area contributed by atoms with E-state index in [9.17, 15) is 13.9 Å². The number of hydrogen-bond acceptors (Lipinski definition) is 4. The molecule has 0 saturated carbocycles. The van der Waals surface area contributed by atoms with Crippen molar-refractivity contribution < 1.29 is 18.6 Å². The first kappa shape index (κ1) is 16.0. The fourth-order valence-electron chi connectivity index (χ4n) is 3.38. The lowest BCUT2D eigenvalue weighted by Crippen LogP contribution is -2.47. The molecule has 2 fully saturated rings. The van der Waals surface area contributed by atoms with Gasteiger partial charge in [-0.2, -0.15) is 0 Å². The normalized spacial score (nSPS) is 29.8. The number of thioether (sulfide) groups is 1. The van der Waals surface area contributed by atoms with Crippen molar-refractivity contribution >= 4 is 11.8 Å². The van der Waals surface area contributed by atoms with Crippen LogP contribution in [0.4, 0.5) is 8.78 Å². The summed E-state index contributed by atoms with van der Waals surface area (Å²) >= 11 is 1.71. The molecule has 0 spiro atoms. The standard InChI is InChI=1S/C18H17F2NO2S/c19-14-5-1-12(2-6-14)16-21-17(13-3-7-15(20)8-4-13)24-11-18(21,9-22)10-23-16/h1-8,16-17,22H,9-11H2/t16-,17+,18-/m0/s1. The highest BCUT2D eigenvalue weighted by molar-refractivity contribution is 7.99. The molecule has 0 aliphatic carbocycles. The van der Waals surface area contributed by atoms with E-state index in [2.05, 4.69) is 4.90 Å². The number of aliphatic hydroxyl groups is 1. The van der Waals surface area contributed by atoms with Crippen LogP contribution in [0.1, 0.15) is 22.7 Å². The van der Waals surface area contributed by atoms with Gasteiger partial charge in [-0.1, -0.05) is 24.3 Å². The number of fused-ring (bicyclic) bond motifs is 1. The zero-order chi connectivity index (χ0) is 16.7. The lowest BCUT2D eigenvalue weighted by Gasteiger charge is -2.34. The van der Waals surface area contributed by atoms with Crippen molar-refractivity contribution in [2.24, 2.45) is 0 Å². The van der Waals surface area contributed by atoms with Crippen LogP contribution in [-0.2, 0) is 4.74 Å². The first-order valence-corrected chi connectivity index (χ1v) is 8.81. The van der Waals surface area contributed by atoms with E-state index in [4.69, 9.17) is 4.74 Å². The third kappa shape index (κ3) is 2.54. The van der Waals surface area contributed by atoms with Crippen LogP contribution in [0.15, 0.2) is 48.5 Å². The maximum absolute atomic E-state index is 13.2. The summed E-state index contributed by atoms with van der Waals surface area (Å²) in [5.41, 5.74) is 1.35. The fraction of sp³-hybridized carbons (Fsp3) is 0.333. The summed E-state index contributed by atoms with van der Waals surface area (Å²) in [6, 6.07) is 12.6. The van der Waals surface area contributed by atoms with Crippen LogP contribution in [0.2, 0.25) is 0 Å². The Labute approximate surface area is 143 Å². The predicted octanol–water partition coefficient (Wildman–Crippen LogP) is 3.47. The van der Waals surface area contributed by atoms with Gasteiger partial charge in [-0.15, -0.1) is 11.8 Å². The van der Waals surface area contributed by atoms with Gasteiger partial charge in [-0.05, 0) is 35.4 Å². The Morgan fingerprint density at radius 1 is 1.04 bits per heavy atom. The molecule has 126 valence electrons. The van der Waals surface area contributed by atoms with Gasteiger partial charge in [-0.3, -0.25) is 0 Å². The zero-order valence-corrected chi connectivity index (χ0v) is 13.7. The molecule has 2 aliphatic heterocycles. The van der Waals surface area contributed by atoms with Gasteiger partial charge in [0.2, 0.25) is 0 Å². The van der Waals surface area contributed by atoms with E-state index >= 15 is 0 Å². The van der Waals surface area contributed by atoms with Crippen molar-refractivity contribution in [2.45, 2.75) is 17.1 Å². The summed E-state index contributed by atoms with van der Waals surface area (Å²) in [6.45, 7) is 0.394. The molecule has 24 heavy (non-hydrogen) atoms. The molecule has 4 rings (SSSR count). The van der Waals surface area contributed by atoms with Crippen LogP contribution in [0, 0.1) is 11.6 Å². The molecular weight excluding hydrogens is 332 g/mol. The topological polar surface area (TPSA) is 32.7 Å².